The summed E-state index contributed by atoms with van der Waals surface area (Å²) in [6.45, 7) is 7.00. The highest BCUT2D eigenvalue weighted by molar-refractivity contribution is 6.07. The Bertz CT molecular complexity index is 1260. The van der Waals surface area contributed by atoms with Crippen molar-refractivity contribution in [2.24, 2.45) is 0 Å². The van der Waals surface area contributed by atoms with Crippen molar-refractivity contribution < 1.29 is 28.5 Å². The van der Waals surface area contributed by atoms with Gasteiger partial charge in [-0.2, -0.15) is 0 Å². The largest absolute Gasteiger partial charge is 0.497 e. The molecule has 0 aliphatic carbocycles. The number of urea groups is 1. The normalized spacial score (nSPS) is 10.3. The molecule has 0 aliphatic heterocycles. The van der Waals surface area contributed by atoms with E-state index in [0.717, 1.165) is 0 Å². The molecule has 3 aromatic carbocycles. The molecule has 0 bridgehead atoms. The summed E-state index contributed by atoms with van der Waals surface area (Å²) in [6, 6.07) is 14.8. The van der Waals surface area contributed by atoms with E-state index in [1.165, 1.54) is 0 Å². The van der Waals surface area contributed by atoms with Crippen molar-refractivity contribution >= 4 is 29.0 Å². The van der Waals surface area contributed by atoms with Crippen LogP contribution in [0.5, 0.6) is 23.0 Å². The van der Waals surface area contributed by atoms with Crippen LogP contribution >= 0.6 is 0 Å². The molecule has 10 nitrogen and oxygen atoms in total. The third kappa shape index (κ3) is 7.45. The van der Waals surface area contributed by atoms with Crippen molar-refractivity contribution in [1.82, 2.24) is 5.32 Å². The summed E-state index contributed by atoms with van der Waals surface area (Å²) in [5.74, 6) is 1.70. The number of nitrogen functional groups attached to an aromatic ring is 1. The topological polar surface area (TPSA) is 133 Å². The molecule has 38 heavy (non-hydrogen) atoms. The minimum absolute atomic E-state index is 0.168. The van der Waals surface area contributed by atoms with Crippen molar-refractivity contribution in [2.45, 2.75) is 27.3 Å². The molecule has 0 saturated carbocycles. The summed E-state index contributed by atoms with van der Waals surface area (Å²) >= 11 is 0. The summed E-state index contributed by atoms with van der Waals surface area (Å²) in [6.07, 6.45) is 0. The molecule has 0 heterocycles. The van der Waals surface area contributed by atoms with Crippen LogP contribution in [-0.4, -0.2) is 38.9 Å². The van der Waals surface area contributed by atoms with Crippen molar-refractivity contribution in [1.29, 1.82) is 0 Å². The summed E-state index contributed by atoms with van der Waals surface area (Å²) in [5.41, 5.74) is 8.46. The van der Waals surface area contributed by atoms with Gasteiger partial charge in [-0.3, -0.25) is 4.79 Å². The number of carbonyl (C=O) groups is 2. The Morgan fingerprint density at radius 1 is 0.789 bits per heavy atom. The smallest absolute Gasteiger partial charge is 0.319 e. The number of hydrogen-bond acceptors (Lipinski definition) is 7. The minimum Gasteiger partial charge on any atom is -0.497 e. The van der Waals surface area contributed by atoms with Crippen LogP contribution in [0.4, 0.5) is 21.9 Å². The number of methoxy groups -OCH3 is 1. The van der Waals surface area contributed by atoms with Gasteiger partial charge in [0.2, 0.25) is 0 Å². The van der Waals surface area contributed by atoms with Crippen LogP contribution in [0.1, 0.15) is 36.7 Å². The molecule has 0 aliphatic rings. The molecule has 10 heteroatoms. The highest BCUT2D eigenvalue weighted by atomic mass is 16.5. The highest BCUT2D eigenvalue weighted by Crippen LogP contribution is 2.31. The maximum absolute atomic E-state index is 13.1. The second kappa shape index (κ2) is 13.6. The lowest BCUT2D eigenvalue weighted by atomic mass is 10.1. The van der Waals surface area contributed by atoms with Gasteiger partial charge in [-0.05, 0) is 57.2 Å². The quantitative estimate of drug-likeness (QED) is 0.245. The van der Waals surface area contributed by atoms with Crippen LogP contribution in [0.3, 0.4) is 0 Å². The van der Waals surface area contributed by atoms with E-state index in [-0.39, 0.29) is 12.1 Å². The first kappa shape index (κ1) is 28.0. The Morgan fingerprint density at radius 2 is 1.47 bits per heavy atom. The maximum Gasteiger partial charge on any atom is 0.319 e. The van der Waals surface area contributed by atoms with Crippen molar-refractivity contribution in [3.05, 3.63) is 65.7 Å². The van der Waals surface area contributed by atoms with E-state index < -0.39 is 11.9 Å². The van der Waals surface area contributed by atoms with E-state index in [4.69, 9.17) is 24.7 Å². The minimum atomic E-state index is -0.467. The Hall–Kier alpha value is -4.60. The number of nitrogens with one attached hydrogen (secondary N) is 3. The number of anilines is 3. The van der Waals surface area contributed by atoms with E-state index in [0.29, 0.717) is 65.4 Å². The molecule has 0 unspecified atom stereocenters. The molecule has 0 spiro atoms. The summed E-state index contributed by atoms with van der Waals surface area (Å²) < 4.78 is 22.1. The molecule has 3 rings (SSSR count). The van der Waals surface area contributed by atoms with Crippen LogP contribution in [0, 0.1) is 0 Å². The van der Waals surface area contributed by atoms with Crippen molar-refractivity contribution in [3.8, 4) is 23.0 Å². The van der Waals surface area contributed by atoms with E-state index in [1.54, 1.807) is 61.7 Å². The van der Waals surface area contributed by atoms with E-state index in [9.17, 15) is 9.59 Å². The average molecular weight is 523 g/mol. The van der Waals surface area contributed by atoms with Gasteiger partial charge in [-0.1, -0.05) is 6.07 Å². The third-order valence-electron chi connectivity index (χ3n) is 5.34. The van der Waals surface area contributed by atoms with Crippen LogP contribution in [0.25, 0.3) is 0 Å². The first-order chi connectivity index (χ1) is 18.4. The van der Waals surface area contributed by atoms with Crippen molar-refractivity contribution in [3.63, 3.8) is 0 Å². The Morgan fingerprint density at radius 3 is 2.18 bits per heavy atom. The van der Waals surface area contributed by atoms with Crippen LogP contribution < -0.4 is 40.6 Å². The second-order valence-electron chi connectivity index (χ2n) is 8.00. The van der Waals surface area contributed by atoms with Crippen LogP contribution in [0.2, 0.25) is 0 Å². The summed E-state index contributed by atoms with van der Waals surface area (Å²) in [7, 11) is 1.55. The monoisotopic (exact) mass is 522 g/mol. The first-order valence-corrected chi connectivity index (χ1v) is 12.3. The fraction of sp³-hybridized carbons (Fsp3) is 0.286. The number of nitrogens with two attached hydrogens (primary N) is 1. The molecular weight excluding hydrogens is 488 g/mol. The first-order valence-electron chi connectivity index (χ1n) is 12.3. The van der Waals surface area contributed by atoms with Gasteiger partial charge < -0.3 is 40.6 Å². The zero-order chi connectivity index (χ0) is 27.5. The van der Waals surface area contributed by atoms with Crippen LogP contribution in [0.15, 0.2) is 54.6 Å². The third-order valence-corrected chi connectivity index (χ3v) is 5.34. The SMILES string of the molecule is CCOc1cc(CNC(=O)Nc2ccc(OCC)c(C(=O)Nc3cccc(OC)c3)c2)c(OCC)cc1N. The standard InChI is InChI=1S/C28H34N4O6/c1-5-36-24-12-11-20(15-22(24)27(33)31-19-9-8-10-21(14-19)35-4)32-28(34)30-17-18-13-26(38-7-3)23(29)16-25(18)37-6-2/h8-16H,5-7,17,29H2,1-4H3,(H,31,33)(H2,30,32,34). The molecular formula is C28H34N4O6. The van der Waals surface area contributed by atoms with Crippen molar-refractivity contribution in [2.75, 3.05) is 43.3 Å². The molecule has 0 radical (unpaired) electrons. The van der Waals surface area contributed by atoms with Crippen LogP contribution in [-0.2, 0) is 6.54 Å². The predicted molar refractivity (Wildman–Crippen MR) is 148 cm³/mol. The zero-order valence-corrected chi connectivity index (χ0v) is 22.1. The number of hydrogen-bond donors (Lipinski definition) is 4. The Kier molecular flexibility index (Phi) is 10.0. The van der Waals surface area contributed by atoms with Gasteiger partial charge in [0.05, 0.1) is 38.2 Å². The average Bonchev–Trinajstić information content (AvgIpc) is 2.90. The highest BCUT2D eigenvalue weighted by Gasteiger charge is 2.16. The van der Waals surface area contributed by atoms with Gasteiger partial charge in [-0.25, -0.2) is 4.79 Å². The summed E-state index contributed by atoms with van der Waals surface area (Å²) in [4.78, 5) is 25.8. The number of ether oxygens (including phenoxy) is 4. The second-order valence-corrected chi connectivity index (χ2v) is 8.00. The van der Waals surface area contributed by atoms with Gasteiger partial charge in [0.15, 0.2) is 0 Å². The van der Waals surface area contributed by atoms with E-state index in [2.05, 4.69) is 16.0 Å². The molecule has 202 valence electrons. The molecule has 0 aromatic heterocycles. The lowest BCUT2D eigenvalue weighted by molar-refractivity contribution is 0.102. The molecule has 5 N–H and O–H groups in total. The molecule has 0 fully saturated rings. The van der Waals surface area contributed by atoms with E-state index in [1.807, 2.05) is 20.8 Å². The van der Waals surface area contributed by atoms with Gasteiger partial charge in [0.1, 0.15) is 23.0 Å². The Labute approximate surface area is 222 Å². The lowest BCUT2D eigenvalue weighted by Crippen LogP contribution is -2.28. The lowest BCUT2D eigenvalue weighted by Gasteiger charge is -2.16. The fourth-order valence-electron chi connectivity index (χ4n) is 3.64. The molecule has 0 saturated heterocycles. The number of rotatable bonds is 12. The maximum atomic E-state index is 13.1. The van der Waals surface area contributed by atoms with Gasteiger partial charge in [0.25, 0.3) is 5.91 Å². The summed E-state index contributed by atoms with van der Waals surface area (Å²) in [5, 5.41) is 8.40. The van der Waals surface area contributed by atoms with Gasteiger partial charge >= 0.3 is 6.03 Å². The zero-order valence-electron chi connectivity index (χ0n) is 22.1. The van der Waals surface area contributed by atoms with Gasteiger partial charge in [-0.15, -0.1) is 0 Å². The molecule has 3 aromatic rings. The van der Waals surface area contributed by atoms with Gasteiger partial charge in [0, 0.05) is 35.6 Å². The number of amides is 3. The van der Waals surface area contributed by atoms with E-state index >= 15 is 0 Å². The number of benzene rings is 3. The fourth-order valence-corrected chi connectivity index (χ4v) is 3.64. The predicted octanol–water partition coefficient (Wildman–Crippen LogP) is 5.05. The molecule has 0 atom stereocenters. The Balaban J connectivity index is 1.74. The molecule has 3 amide bonds. The number of carbonyl (C=O) groups excluding carboxylic acids is 2.